The lowest BCUT2D eigenvalue weighted by Gasteiger charge is -2.35. The molecule has 1 aromatic carbocycles. The van der Waals surface area contributed by atoms with E-state index in [4.69, 9.17) is 23.7 Å². The van der Waals surface area contributed by atoms with Gasteiger partial charge in [-0.05, 0) is 38.2 Å². The third kappa shape index (κ3) is 7.28. The van der Waals surface area contributed by atoms with Gasteiger partial charge in [-0.3, -0.25) is 4.99 Å². The fourth-order valence-electron chi connectivity index (χ4n) is 4.15. The van der Waals surface area contributed by atoms with Gasteiger partial charge in [-0.1, -0.05) is 0 Å². The molecular weight excluding hydrogens is 525 g/mol. The van der Waals surface area contributed by atoms with Crippen LogP contribution in [0.5, 0.6) is 17.2 Å². The van der Waals surface area contributed by atoms with Crippen LogP contribution in [0.25, 0.3) is 0 Å². The van der Waals surface area contributed by atoms with E-state index >= 15 is 0 Å². The lowest BCUT2D eigenvalue weighted by molar-refractivity contribution is -0.0721. The molecule has 182 valence electrons. The molecular formula is C23H38IN3O5. The van der Waals surface area contributed by atoms with Gasteiger partial charge in [0.2, 0.25) is 0 Å². The van der Waals surface area contributed by atoms with Gasteiger partial charge in [0.15, 0.2) is 17.5 Å². The maximum absolute atomic E-state index is 6.14. The van der Waals surface area contributed by atoms with Crippen LogP contribution in [0, 0.1) is 0 Å². The molecule has 32 heavy (non-hydrogen) atoms. The number of rotatable bonds is 8. The lowest BCUT2D eigenvalue weighted by atomic mass is 10.1. The molecule has 0 radical (unpaired) electrons. The summed E-state index contributed by atoms with van der Waals surface area (Å²) < 4.78 is 28.2. The number of hydrogen-bond donors (Lipinski definition) is 1. The van der Waals surface area contributed by atoms with Crippen molar-refractivity contribution >= 4 is 29.9 Å². The van der Waals surface area contributed by atoms with E-state index in [0.29, 0.717) is 24.1 Å². The molecule has 2 saturated heterocycles. The van der Waals surface area contributed by atoms with Crippen LogP contribution in [0.1, 0.15) is 37.7 Å². The summed E-state index contributed by atoms with van der Waals surface area (Å²) in [5, 5.41) is 3.46. The molecule has 0 bridgehead atoms. The average Bonchev–Trinajstić information content (AvgIpc) is 2.84. The minimum atomic E-state index is 0. The van der Waals surface area contributed by atoms with Crippen LogP contribution in [-0.4, -0.2) is 77.7 Å². The van der Waals surface area contributed by atoms with E-state index in [2.05, 4.69) is 15.2 Å². The van der Waals surface area contributed by atoms with Gasteiger partial charge < -0.3 is 33.9 Å². The monoisotopic (exact) mass is 563 g/mol. The molecule has 1 aromatic rings. The largest absolute Gasteiger partial charge is 0.496 e. The summed E-state index contributed by atoms with van der Waals surface area (Å²) in [5.41, 5.74) is 0.979. The highest BCUT2D eigenvalue weighted by molar-refractivity contribution is 14.0. The Kier molecular flexibility index (Phi) is 11.7. The van der Waals surface area contributed by atoms with Gasteiger partial charge in [0.05, 0.1) is 40.1 Å². The number of guanidine groups is 1. The van der Waals surface area contributed by atoms with Crippen molar-refractivity contribution in [2.24, 2.45) is 4.99 Å². The molecule has 0 aliphatic carbocycles. The predicted molar refractivity (Wildman–Crippen MR) is 136 cm³/mol. The smallest absolute Gasteiger partial charge is 0.193 e. The first kappa shape index (κ1) is 26.8. The highest BCUT2D eigenvalue weighted by Gasteiger charge is 2.24. The third-order valence-corrected chi connectivity index (χ3v) is 5.97. The molecule has 0 amide bonds. The van der Waals surface area contributed by atoms with Crippen LogP contribution < -0.4 is 19.5 Å². The number of nitrogens with one attached hydrogen (secondary N) is 1. The van der Waals surface area contributed by atoms with Gasteiger partial charge in [-0.25, -0.2) is 0 Å². The Morgan fingerprint density at radius 3 is 2.31 bits per heavy atom. The van der Waals surface area contributed by atoms with Crippen molar-refractivity contribution in [3.8, 4) is 17.2 Å². The number of halogens is 1. The molecule has 2 aliphatic heterocycles. The van der Waals surface area contributed by atoms with Crippen molar-refractivity contribution < 1.29 is 23.7 Å². The van der Waals surface area contributed by atoms with Gasteiger partial charge in [-0.15, -0.1) is 24.0 Å². The molecule has 0 spiro atoms. The normalized spacial score (nSPS) is 19.8. The van der Waals surface area contributed by atoms with Crippen LogP contribution in [-0.2, 0) is 16.0 Å². The summed E-state index contributed by atoms with van der Waals surface area (Å²) in [5.74, 6) is 2.95. The van der Waals surface area contributed by atoms with E-state index in [1.165, 1.54) is 12.8 Å². The Morgan fingerprint density at radius 2 is 1.72 bits per heavy atom. The Hall–Kier alpha value is -1.46. The average molecular weight is 563 g/mol. The van der Waals surface area contributed by atoms with E-state index in [1.807, 2.05) is 19.2 Å². The molecule has 2 heterocycles. The molecule has 1 N–H and O–H groups in total. The number of benzene rings is 1. The zero-order chi connectivity index (χ0) is 22.1. The highest BCUT2D eigenvalue weighted by Crippen LogP contribution is 2.34. The van der Waals surface area contributed by atoms with E-state index in [0.717, 1.165) is 62.8 Å². The van der Waals surface area contributed by atoms with Crippen molar-refractivity contribution in [2.75, 3.05) is 54.7 Å². The topological polar surface area (TPSA) is 73.8 Å². The van der Waals surface area contributed by atoms with Crippen LogP contribution in [0.4, 0.5) is 0 Å². The number of methoxy groups -OCH3 is 3. The first-order valence-corrected chi connectivity index (χ1v) is 11.2. The summed E-state index contributed by atoms with van der Waals surface area (Å²) in [6, 6.07) is 3.78. The Labute approximate surface area is 209 Å². The Balaban J connectivity index is 0.00000363. The molecule has 8 nitrogen and oxygen atoms in total. The van der Waals surface area contributed by atoms with Gasteiger partial charge in [0, 0.05) is 44.9 Å². The molecule has 2 fully saturated rings. The fourth-order valence-corrected chi connectivity index (χ4v) is 4.15. The van der Waals surface area contributed by atoms with E-state index in [-0.39, 0.29) is 30.1 Å². The summed E-state index contributed by atoms with van der Waals surface area (Å²) in [6.45, 7) is 4.00. The maximum atomic E-state index is 6.14. The Morgan fingerprint density at radius 1 is 1.03 bits per heavy atom. The second kappa shape index (κ2) is 13.9. The summed E-state index contributed by atoms with van der Waals surface area (Å²) >= 11 is 0. The summed E-state index contributed by atoms with van der Waals surface area (Å²) in [7, 11) is 6.72. The van der Waals surface area contributed by atoms with Crippen molar-refractivity contribution in [2.45, 2.75) is 50.9 Å². The van der Waals surface area contributed by atoms with Gasteiger partial charge in [0.25, 0.3) is 0 Å². The second-order valence-corrected chi connectivity index (χ2v) is 7.93. The van der Waals surface area contributed by atoms with E-state index in [1.54, 1.807) is 21.3 Å². The van der Waals surface area contributed by atoms with Crippen molar-refractivity contribution in [1.29, 1.82) is 0 Å². The van der Waals surface area contributed by atoms with Gasteiger partial charge >= 0.3 is 0 Å². The van der Waals surface area contributed by atoms with E-state index in [9.17, 15) is 0 Å². The minimum absolute atomic E-state index is 0. The summed E-state index contributed by atoms with van der Waals surface area (Å²) in [6.07, 6.45) is 6.11. The maximum Gasteiger partial charge on any atom is 0.193 e. The number of ether oxygens (including phenoxy) is 5. The molecule has 1 unspecified atom stereocenters. The molecule has 2 aliphatic rings. The van der Waals surface area contributed by atoms with Crippen LogP contribution in [0.3, 0.4) is 0 Å². The molecule has 1 atom stereocenters. The van der Waals surface area contributed by atoms with Crippen molar-refractivity contribution in [1.82, 2.24) is 10.2 Å². The number of hydrogen-bond acceptors (Lipinski definition) is 6. The highest BCUT2D eigenvalue weighted by atomic mass is 127. The van der Waals surface area contributed by atoms with E-state index < -0.39 is 0 Å². The molecule has 0 saturated carbocycles. The molecule has 0 aromatic heterocycles. The zero-order valence-electron chi connectivity index (χ0n) is 19.7. The van der Waals surface area contributed by atoms with Gasteiger partial charge in [-0.2, -0.15) is 0 Å². The number of likely N-dealkylation sites (tertiary alicyclic amines) is 1. The third-order valence-electron chi connectivity index (χ3n) is 5.97. The quantitative estimate of drug-likeness (QED) is 0.295. The standard InChI is InChI=1S/C23H37N3O5.HI/c1-24-23(25-15-17-13-21(28-3)22(29-4)14-20(17)27-2)26-10-8-18(9-11-26)31-16-19-7-5-6-12-30-19;/h13-14,18-19H,5-12,15-16H2,1-4H3,(H,24,25);1H. The number of nitrogens with zero attached hydrogens (tertiary/aromatic N) is 2. The predicted octanol–water partition coefficient (Wildman–Crippen LogP) is 3.46. The molecule has 9 heteroatoms. The number of aliphatic imine (C=N–C) groups is 1. The minimum Gasteiger partial charge on any atom is -0.496 e. The van der Waals surface area contributed by atoms with Crippen LogP contribution in [0.2, 0.25) is 0 Å². The van der Waals surface area contributed by atoms with Crippen molar-refractivity contribution in [3.63, 3.8) is 0 Å². The zero-order valence-corrected chi connectivity index (χ0v) is 22.1. The summed E-state index contributed by atoms with van der Waals surface area (Å²) in [4.78, 5) is 6.76. The fraction of sp³-hybridized carbons (Fsp3) is 0.696. The molecule has 3 rings (SSSR count). The first-order chi connectivity index (χ1) is 15.2. The second-order valence-electron chi connectivity index (χ2n) is 7.93. The van der Waals surface area contributed by atoms with Crippen LogP contribution in [0.15, 0.2) is 17.1 Å². The van der Waals surface area contributed by atoms with Crippen LogP contribution >= 0.6 is 24.0 Å². The SMILES string of the molecule is CN=C(NCc1cc(OC)c(OC)cc1OC)N1CCC(OCC2CCCCO2)CC1.I. The van der Waals surface area contributed by atoms with Gasteiger partial charge in [0.1, 0.15) is 5.75 Å². The Bertz CT molecular complexity index is 720. The lowest BCUT2D eigenvalue weighted by Crippen LogP contribution is -2.47. The van der Waals surface area contributed by atoms with Crippen molar-refractivity contribution in [3.05, 3.63) is 17.7 Å². The number of piperidine rings is 1. The first-order valence-electron chi connectivity index (χ1n) is 11.2.